The lowest BCUT2D eigenvalue weighted by Crippen LogP contribution is -2.36. The Bertz CT molecular complexity index is 871. The van der Waals surface area contributed by atoms with Crippen LogP contribution in [0, 0.1) is 12.8 Å². The molecule has 0 saturated carbocycles. The topological polar surface area (TPSA) is 34.0 Å². The van der Waals surface area contributed by atoms with Crippen molar-refractivity contribution >= 4 is 40.5 Å². The van der Waals surface area contributed by atoms with Crippen LogP contribution in [-0.2, 0) is 6.42 Å². The number of amidine groups is 1. The number of thiocarbonyl (C=S) groups is 1. The highest BCUT2D eigenvalue weighted by Gasteiger charge is 2.33. The minimum Gasteiger partial charge on any atom is -0.442 e. The molecular weight excluding hydrogens is 328 g/mol. The van der Waals surface area contributed by atoms with Gasteiger partial charge in [-0.15, -0.1) is 0 Å². The molecule has 0 bridgehead atoms. The number of ether oxygens (including phenoxy) is 1. The van der Waals surface area contributed by atoms with Crippen LogP contribution in [0.3, 0.4) is 0 Å². The lowest BCUT2D eigenvalue weighted by molar-refractivity contribution is 0.482. The molecule has 4 rings (SSSR count). The SMILES string of the molecule is Cc1ccc2c(c1)CC1C(=S)N=C(c3ccc(Cl)cc3)N=C1O2. The predicted molar refractivity (Wildman–Crippen MR) is 97.0 cm³/mol. The lowest BCUT2D eigenvalue weighted by Gasteiger charge is -2.28. The first kappa shape index (κ1) is 14.5. The maximum Gasteiger partial charge on any atom is 0.207 e. The zero-order chi connectivity index (χ0) is 16.0. The number of nitrogens with zero attached hydrogens (tertiary/aromatic N) is 2. The fourth-order valence-corrected chi connectivity index (χ4v) is 3.19. The summed E-state index contributed by atoms with van der Waals surface area (Å²) in [6, 6.07) is 13.5. The van der Waals surface area contributed by atoms with Gasteiger partial charge in [0.2, 0.25) is 5.90 Å². The standard InChI is InChI=1S/C18H13ClN2OS/c1-10-2-7-15-12(8-10)9-14-17(22-15)20-16(21-18(14)23)11-3-5-13(19)6-4-11/h2-8,14H,9H2,1H3. The highest BCUT2D eigenvalue weighted by molar-refractivity contribution is 7.80. The molecule has 0 fully saturated rings. The third kappa shape index (κ3) is 2.69. The molecule has 0 saturated heterocycles. The van der Waals surface area contributed by atoms with Gasteiger partial charge >= 0.3 is 0 Å². The quantitative estimate of drug-likeness (QED) is 0.722. The van der Waals surface area contributed by atoms with E-state index in [1.54, 1.807) is 0 Å². The molecule has 2 aliphatic rings. The number of fused-ring (bicyclic) bond motifs is 2. The molecule has 0 N–H and O–H groups in total. The second-order valence-electron chi connectivity index (χ2n) is 5.70. The number of aryl methyl sites for hydroxylation is 1. The van der Waals surface area contributed by atoms with Crippen LogP contribution < -0.4 is 4.74 Å². The Hall–Kier alpha value is -2.04. The van der Waals surface area contributed by atoms with Gasteiger partial charge in [0.1, 0.15) is 10.7 Å². The van der Waals surface area contributed by atoms with Crippen LogP contribution in [0.25, 0.3) is 0 Å². The maximum absolute atomic E-state index is 5.99. The average molecular weight is 341 g/mol. The van der Waals surface area contributed by atoms with Crippen molar-refractivity contribution in [2.45, 2.75) is 13.3 Å². The van der Waals surface area contributed by atoms with E-state index in [4.69, 9.17) is 28.6 Å². The van der Waals surface area contributed by atoms with E-state index in [0.29, 0.717) is 21.7 Å². The normalized spacial score (nSPS) is 19.2. The summed E-state index contributed by atoms with van der Waals surface area (Å²) in [7, 11) is 0. The zero-order valence-corrected chi connectivity index (χ0v) is 14.0. The predicted octanol–water partition coefficient (Wildman–Crippen LogP) is 4.39. The second-order valence-corrected chi connectivity index (χ2v) is 6.56. The Morgan fingerprint density at radius 3 is 2.70 bits per heavy atom. The highest BCUT2D eigenvalue weighted by atomic mass is 35.5. The smallest absolute Gasteiger partial charge is 0.207 e. The summed E-state index contributed by atoms with van der Waals surface area (Å²) in [5.74, 6) is 2.00. The summed E-state index contributed by atoms with van der Waals surface area (Å²) in [6.07, 6.45) is 0.784. The minimum atomic E-state index is -0.0599. The van der Waals surface area contributed by atoms with Crippen molar-refractivity contribution in [3.05, 3.63) is 64.2 Å². The van der Waals surface area contributed by atoms with E-state index in [1.807, 2.05) is 36.4 Å². The fraction of sp³-hybridized carbons (Fsp3) is 0.167. The first-order chi connectivity index (χ1) is 11.1. The molecule has 0 aromatic heterocycles. The van der Waals surface area contributed by atoms with Gasteiger partial charge in [-0.25, -0.2) is 4.99 Å². The van der Waals surface area contributed by atoms with Crippen molar-refractivity contribution in [1.29, 1.82) is 0 Å². The van der Waals surface area contributed by atoms with Gasteiger partial charge in [0, 0.05) is 10.6 Å². The molecule has 2 heterocycles. The minimum absolute atomic E-state index is 0.0599. The molecule has 0 radical (unpaired) electrons. The second kappa shape index (κ2) is 5.55. The Morgan fingerprint density at radius 1 is 1.13 bits per heavy atom. The fourth-order valence-electron chi connectivity index (χ4n) is 2.79. The van der Waals surface area contributed by atoms with E-state index in [9.17, 15) is 0 Å². The molecule has 2 aromatic carbocycles. The molecule has 1 unspecified atom stereocenters. The van der Waals surface area contributed by atoms with Crippen molar-refractivity contribution in [2.24, 2.45) is 15.9 Å². The Labute approximate surface area is 144 Å². The van der Waals surface area contributed by atoms with Crippen LogP contribution in [0.1, 0.15) is 16.7 Å². The third-order valence-electron chi connectivity index (χ3n) is 3.99. The van der Waals surface area contributed by atoms with Gasteiger partial charge < -0.3 is 4.74 Å². The van der Waals surface area contributed by atoms with Crippen molar-refractivity contribution in [2.75, 3.05) is 0 Å². The summed E-state index contributed by atoms with van der Waals surface area (Å²) in [6.45, 7) is 2.07. The number of rotatable bonds is 1. The van der Waals surface area contributed by atoms with Crippen LogP contribution >= 0.6 is 23.8 Å². The van der Waals surface area contributed by atoms with Gasteiger partial charge in [0.05, 0.1) is 5.92 Å². The largest absolute Gasteiger partial charge is 0.442 e. The maximum atomic E-state index is 5.99. The van der Waals surface area contributed by atoms with E-state index in [0.717, 1.165) is 23.3 Å². The van der Waals surface area contributed by atoms with Gasteiger partial charge in [0.25, 0.3) is 0 Å². The number of hydrogen-bond donors (Lipinski definition) is 0. The summed E-state index contributed by atoms with van der Waals surface area (Å²) >= 11 is 11.4. The van der Waals surface area contributed by atoms with E-state index in [2.05, 4.69) is 23.0 Å². The van der Waals surface area contributed by atoms with Crippen molar-refractivity contribution in [3.63, 3.8) is 0 Å². The number of halogens is 1. The summed E-state index contributed by atoms with van der Waals surface area (Å²) < 4.78 is 5.99. The first-order valence-corrected chi connectivity index (χ1v) is 8.13. The number of hydrogen-bond acceptors (Lipinski definition) is 3. The molecule has 0 amide bonds. The van der Waals surface area contributed by atoms with E-state index in [-0.39, 0.29) is 5.92 Å². The average Bonchev–Trinajstić information content (AvgIpc) is 2.54. The molecule has 1 atom stereocenters. The molecule has 3 nitrogen and oxygen atoms in total. The van der Waals surface area contributed by atoms with Crippen molar-refractivity contribution in [3.8, 4) is 5.75 Å². The lowest BCUT2D eigenvalue weighted by atomic mass is 9.93. The number of aliphatic imine (C=N–C) groups is 2. The molecule has 5 heteroatoms. The van der Waals surface area contributed by atoms with Gasteiger partial charge in [-0.2, -0.15) is 4.99 Å². The van der Waals surface area contributed by atoms with Crippen molar-refractivity contribution < 1.29 is 4.74 Å². The molecular formula is C18H13ClN2OS. The monoisotopic (exact) mass is 340 g/mol. The Kier molecular flexibility index (Phi) is 3.51. The third-order valence-corrected chi connectivity index (χ3v) is 4.61. The van der Waals surface area contributed by atoms with Gasteiger partial charge in [0.15, 0.2) is 5.84 Å². The Balaban J connectivity index is 1.72. The number of benzene rings is 2. The van der Waals surface area contributed by atoms with Crippen LogP contribution in [-0.4, -0.2) is 16.7 Å². The summed E-state index contributed by atoms with van der Waals surface area (Å²) in [5, 5.41) is 0.677. The van der Waals surface area contributed by atoms with Crippen LogP contribution in [0.4, 0.5) is 0 Å². The first-order valence-electron chi connectivity index (χ1n) is 7.34. The highest BCUT2D eigenvalue weighted by Crippen LogP contribution is 2.32. The summed E-state index contributed by atoms with van der Waals surface area (Å²) in [4.78, 5) is 9.71. The van der Waals surface area contributed by atoms with Crippen molar-refractivity contribution in [1.82, 2.24) is 0 Å². The zero-order valence-electron chi connectivity index (χ0n) is 12.4. The molecule has 0 aliphatic carbocycles. The summed E-state index contributed by atoms with van der Waals surface area (Å²) in [5.41, 5.74) is 3.24. The Morgan fingerprint density at radius 2 is 1.91 bits per heavy atom. The molecule has 23 heavy (non-hydrogen) atoms. The van der Waals surface area contributed by atoms with E-state index < -0.39 is 0 Å². The van der Waals surface area contributed by atoms with Crippen LogP contribution in [0.2, 0.25) is 5.02 Å². The van der Waals surface area contributed by atoms with E-state index >= 15 is 0 Å². The van der Waals surface area contributed by atoms with Gasteiger partial charge in [-0.3, -0.25) is 0 Å². The van der Waals surface area contributed by atoms with E-state index in [1.165, 1.54) is 5.56 Å². The van der Waals surface area contributed by atoms with Crippen LogP contribution in [0.15, 0.2) is 52.4 Å². The van der Waals surface area contributed by atoms with Gasteiger partial charge in [-0.1, -0.05) is 41.5 Å². The molecule has 0 spiro atoms. The van der Waals surface area contributed by atoms with Gasteiger partial charge in [-0.05, 0) is 49.2 Å². The molecule has 114 valence electrons. The molecule has 2 aromatic rings. The van der Waals surface area contributed by atoms with Crippen LogP contribution in [0.5, 0.6) is 5.75 Å². The molecule has 2 aliphatic heterocycles.